The summed E-state index contributed by atoms with van der Waals surface area (Å²) in [7, 11) is 8.10. The first-order valence-corrected chi connectivity index (χ1v) is 17.3. The maximum absolute atomic E-state index is 5.35. The first kappa shape index (κ1) is 31.2. The van der Waals surface area contributed by atoms with Crippen molar-refractivity contribution < 1.29 is 13.7 Å². The molecule has 0 amide bonds. The maximum Gasteiger partial charge on any atom is 0.169 e. The van der Waals surface area contributed by atoms with E-state index in [0.717, 1.165) is 90.2 Å². The van der Waals surface area contributed by atoms with Crippen LogP contribution in [0.15, 0.2) is 190 Å². The number of pyridine rings is 3. The van der Waals surface area contributed by atoms with Crippen LogP contribution in [0.1, 0.15) is 28.1 Å². The molecule has 0 saturated heterocycles. The fourth-order valence-corrected chi connectivity index (χ4v) is 6.94. The van der Waals surface area contributed by atoms with Gasteiger partial charge in [-0.1, -0.05) is 12.1 Å². The molecule has 4 aromatic heterocycles. The highest BCUT2D eigenvalue weighted by Crippen LogP contribution is 2.37. The van der Waals surface area contributed by atoms with E-state index in [1.807, 2.05) is 46.8 Å². The van der Waals surface area contributed by atoms with E-state index in [9.17, 15) is 0 Å². The van der Waals surface area contributed by atoms with Gasteiger partial charge in [0.2, 0.25) is 0 Å². The van der Waals surface area contributed by atoms with Crippen molar-refractivity contribution in [1.29, 1.82) is 0 Å². The summed E-state index contributed by atoms with van der Waals surface area (Å²) < 4.78 is 6.11. The monoisotopic (exact) mass is 676 g/mol. The Bertz CT molecular complexity index is 2540. The van der Waals surface area contributed by atoms with Crippen molar-refractivity contribution in [3.63, 3.8) is 0 Å². The average molecular weight is 677 g/mol. The van der Waals surface area contributed by atoms with Gasteiger partial charge in [-0.25, -0.2) is 28.7 Å². The molecule has 5 aliphatic rings. The van der Waals surface area contributed by atoms with E-state index in [-0.39, 0.29) is 0 Å². The number of aromatic nitrogens is 4. The van der Waals surface area contributed by atoms with E-state index in [2.05, 4.69) is 147 Å². The van der Waals surface area contributed by atoms with Crippen LogP contribution < -0.4 is 18.7 Å². The predicted molar refractivity (Wildman–Crippen MR) is 204 cm³/mol. The van der Waals surface area contributed by atoms with E-state index >= 15 is 0 Å². The number of aryl methyl sites for hydroxylation is 3. The maximum atomic E-state index is 5.35. The molecule has 8 bridgehead atoms. The third-order valence-electron chi connectivity index (χ3n) is 9.68. The van der Waals surface area contributed by atoms with E-state index in [4.69, 9.17) is 20.0 Å². The van der Waals surface area contributed by atoms with Crippen LogP contribution in [-0.4, -0.2) is 29.1 Å². The molecule has 0 aromatic carbocycles. The van der Waals surface area contributed by atoms with Gasteiger partial charge in [-0.3, -0.25) is 0 Å². The van der Waals surface area contributed by atoms with Gasteiger partial charge in [-0.15, -0.1) is 11.4 Å². The van der Waals surface area contributed by atoms with Gasteiger partial charge >= 0.3 is 0 Å². The van der Waals surface area contributed by atoms with Crippen molar-refractivity contribution >= 4 is 33.9 Å². The van der Waals surface area contributed by atoms with Gasteiger partial charge in [0.1, 0.15) is 21.1 Å². The highest BCUT2D eigenvalue weighted by atomic mass is 15.0. The molecule has 0 radical (unpaired) electrons. The van der Waals surface area contributed by atoms with Crippen molar-refractivity contribution in [2.24, 2.45) is 36.1 Å². The summed E-state index contributed by atoms with van der Waals surface area (Å²) in [4.78, 5) is 23.4. The molecule has 52 heavy (non-hydrogen) atoms. The molecule has 0 unspecified atom stereocenters. The lowest BCUT2D eigenvalue weighted by atomic mass is 9.97. The molecule has 9 heterocycles. The Labute approximate surface area is 302 Å². The van der Waals surface area contributed by atoms with E-state index < -0.39 is 0 Å². The molecule has 250 valence electrons. The minimum atomic E-state index is 0.845. The third-order valence-corrected chi connectivity index (χ3v) is 9.68. The molecular formula is C44H36N8+2. The molecule has 0 saturated carbocycles. The fraction of sp³-hybridized carbons (Fsp3) is 0.0909. The summed E-state index contributed by atoms with van der Waals surface area (Å²) in [5.74, 6) is 0. The third kappa shape index (κ3) is 5.60. The summed E-state index contributed by atoms with van der Waals surface area (Å²) in [5.41, 5.74) is 14.7. The van der Waals surface area contributed by atoms with Crippen LogP contribution in [0.25, 0.3) is 16.7 Å². The fourth-order valence-electron chi connectivity index (χ4n) is 6.94. The van der Waals surface area contributed by atoms with Crippen LogP contribution >= 0.6 is 0 Å². The highest BCUT2D eigenvalue weighted by Gasteiger charge is 2.26. The van der Waals surface area contributed by atoms with Crippen LogP contribution in [0.5, 0.6) is 0 Å². The molecule has 9 rings (SSSR count). The zero-order valence-corrected chi connectivity index (χ0v) is 29.4. The predicted octanol–water partition coefficient (Wildman–Crippen LogP) is 5.36. The Balaban J connectivity index is 1.36. The minimum Gasteiger partial charge on any atom is -0.657 e. The normalized spacial score (nSPS) is 17.6. The number of rotatable bonds is 3. The minimum absolute atomic E-state index is 0.845. The average Bonchev–Trinajstić information content (AvgIpc) is 3.99. The molecule has 5 aliphatic heterocycles. The van der Waals surface area contributed by atoms with Gasteiger partial charge in [-0.05, 0) is 82.0 Å². The summed E-state index contributed by atoms with van der Waals surface area (Å²) in [6.07, 6.45) is 33.3. The molecule has 8 heteroatoms. The summed E-state index contributed by atoms with van der Waals surface area (Å²) in [6.45, 7) is 0. The van der Waals surface area contributed by atoms with Crippen LogP contribution in [0, 0.1) is 0 Å². The second kappa shape index (κ2) is 12.5. The van der Waals surface area contributed by atoms with Gasteiger partial charge in [0, 0.05) is 67.0 Å². The Morgan fingerprint density at radius 2 is 0.808 bits per heavy atom. The zero-order chi connectivity index (χ0) is 35.3. The van der Waals surface area contributed by atoms with Crippen LogP contribution in [0.3, 0.4) is 0 Å². The van der Waals surface area contributed by atoms with Crippen LogP contribution in [0.2, 0.25) is 0 Å². The van der Waals surface area contributed by atoms with E-state index in [1.165, 1.54) is 0 Å². The number of hydrogen-bond donors (Lipinski definition) is 0. The van der Waals surface area contributed by atoms with Crippen molar-refractivity contribution in [3.8, 4) is 0 Å². The second-order valence-corrected chi connectivity index (χ2v) is 13.4. The van der Waals surface area contributed by atoms with Crippen molar-refractivity contribution in [2.45, 2.75) is 0 Å². The van der Waals surface area contributed by atoms with Crippen LogP contribution in [0.4, 0.5) is 0 Å². The zero-order valence-electron chi connectivity index (χ0n) is 29.4. The van der Waals surface area contributed by atoms with Gasteiger partial charge in [0.25, 0.3) is 0 Å². The molecule has 0 atom stereocenters. The number of aliphatic imine (C=N–C) groups is 3. The first-order valence-electron chi connectivity index (χ1n) is 17.3. The molecule has 8 nitrogen and oxygen atoms in total. The SMILES string of the molecule is CN1C=CC(=C2C3=NC(=C(c4cc[n+](C)cc4)C4=NC(=C(c5cc[n+](C)cc5)c5ccc([n-]5)C(c5cc[n+](C)cc5)=C5C=CC2=N5)C=C4)C=C3)C=C1. The number of hydrogen-bond acceptors (Lipinski definition) is 4. The van der Waals surface area contributed by atoms with Gasteiger partial charge in [-0.2, -0.15) is 0 Å². The van der Waals surface area contributed by atoms with Crippen molar-refractivity contribution in [3.05, 3.63) is 203 Å². The molecule has 4 aromatic rings. The van der Waals surface area contributed by atoms with Gasteiger partial charge in [0.05, 0.1) is 34.2 Å². The molecular weight excluding hydrogens is 641 g/mol. The topological polar surface area (TPSA) is 66.1 Å². The summed E-state index contributed by atoms with van der Waals surface area (Å²) in [5, 5.41) is 0. The number of nitrogens with zero attached hydrogens (tertiary/aromatic N) is 8. The largest absolute Gasteiger partial charge is 0.657 e. The van der Waals surface area contributed by atoms with E-state index in [0.29, 0.717) is 0 Å². The molecule has 0 fully saturated rings. The number of allylic oxidation sites excluding steroid dienone is 11. The second-order valence-electron chi connectivity index (χ2n) is 13.4. The van der Waals surface area contributed by atoms with Crippen LogP contribution in [-0.2, 0) is 21.1 Å². The lowest BCUT2D eigenvalue weighted by Gasteiger charge is -2.19. The van der Waals surface area contributed by atoms with E-state index in [1.54, 1.807) is 0 Å². The van der Waals surface area contributed by atoms with Crippen molar-refractivity contribution in [1.82, 2.24) is 9.88 Å². The van der Waals surface area contributed by atoms with Gasteiger partial charge in [0.15, 0.2) is 37.2 Å². The Morgan fingerprint density at radius 3 is 1.23 bits per heavy atom. The molecule has 0 spiro atoms. The molecule has 0 aliphatic carbocycles. The summed E-state index contributed by atoms with van der Waals surface area (Å²) >= 11 is 0. The smallest absolute Gasteiger partial charge is 0.169 e. The first-order chi connectivity index (χ1) is 25.4. The number of fused-ring (bicyclic) bond motifs is 5. The Kier molecular flexibility index (Phi) is 7.51. The molecule has 0 N–H and O–H groups in total. The highest BCUT2D eigenvalue weighted by molar-refractivity contribution is 6.36. The summed E-state index contributed by atoms with van der Waals surface area (Å²) in [6, 6.07) is 16.9. The Morgan fingerprint density at radius 1 is 0.442 bits per heavy atom. The Hall–Kier alpha value is -6.80. The van der Waals surface area contributed by atoms with Crippen molar-refractivity contribution in [2.75, 3.05) is 7.05 Å². The lowest BCUT2D eigenvalue weighted by Crippen LogP contribution is -2.26. The lowest BCUT2D eigenvalue weighted by molar-refractivity contribution is -0.671. The van der Waals surface area contributed by atoms with Gasteiger partial charge < -0.3 is 9.88 Å². The quantitative estimate of drug-likeness (QED) is 0.275. The standard InChI is InChI=1S/C44H36N8/c1-49-21-13-29(14-22-49)41-33-5-7-35(45-33)42(30-15-23-50(2)24-16-30)37-9-11-39(47-37)44(32-19-27-52(4)28-20-32)40-12-10-38(48-40)43(36-8-6-34(41)46-36)31-17-25-51(3)26-18-31/h5-28H,1-4H3/q+2.